The number of fused-ring (bicyclic) bond motifs is 4. The number of hydrogen-bond acceptors (Lipinski definition) is 4. The Labute approximate surface area is 356 Å². The fourth-order valence-corrected chi connectivity index (χ4v) is 8.52. The summed E-state index contributed by atoms with van der Waals surface area (Å²) < 4.78 is 1.97. The summed E-state index contributed by atoms with van der Waals surface area (Å²) in [7, 11) is 0. The highest BCUT2D eigenvalue weighted by atomic mass is 16.2. The Hall–Kier alpha value is -9.34. The molecule has 0 spiro atoms. The standard InChI is InChI=1S/C54H28N6O2/c1-57-41-19-23-43(40(26-41)32-56)36-17-21-45-46-22-18-37(44-20-16-33(31-55)24-48(44)58-2)30-51(46)60(50(45)29-36)49-15-9-14-47-52(49)54(62)59(53(47)61)42-27-38(34-10-5-3-6-11-34)25-39(28-42)35-12-7-4-8-13-35/h3-30H. The zero-order valence-corrected chi connectivity index (χ0v) is 32.7. The van der Waals surface area contributed by atoms with Crippen molar-refractivity contribution < 1.29 is 9.59 Å². The number of imide groups is 1. The lowest BCUT2D eigenvalue weighted by molar-refractivity contribution is 0.0926. The van der Waals surface area contributed by atoms with E-state index in [1.54, 1.807) is 48.5 Å². The highest BCUT2D eigenvalue weighted by molar-refractivity contribution is 6.36. The zero-order valence-electron chi connectivity index (χ0n) is 32.7. The SMILES string of the molecule is [C-]#[N+]c1ccc(-c2ccc3c4ccc(-c5ccc(C#N)cc5[N+]#[C-])cc4n(-c4cccc5c4C(=O)N(c4cc(-c6ccccc6)cc(-c6ccccc6)c4)C5=O)c3c2)c(C#N)c1. The maximum absolute atomic E-state index is 15.1. The van der Waals surface area contributed by atoms with E-state index in [0.717, 1.165) is 44.2 Å². The number of aromatic nitrogens is 1. The summed E-state index contributed by atoms with van der Waals surface area (Å²) in [6.07, 6.45) is 0. The average molecular weight is 793 g/mol. The normalized spacial score (nSPS) is 11.8. The molecule has 62 heavy (non-hydrogen) atoms. The third-order valence-corrected chi connectivity index (χ3v) is 11.4. The van der Waals surface area contributed by atoms with Gasteiger partial charge in [0.15, 0.2) is 11.4 Å². The molecule has 0 fully saturated rings. The van der Waals surface area contributed by atoms with E-state index in [-0.39, 0.29) is 11.1 Å². The molecule has 0 radical (unpaired) electrons. The van der Waals surface area contributed by atoms with Crippen LogP contribution < -0.4 is 4.90 Å². The molecule has 10 rings (SSSR count). The maximum atomic E-state index is 15.1. The molecular weight excluding hydrogens is 765 g/mol. The van der Waals surface area contributed by atoms with Crippen molar-refractivity contribution in [2.45, 2.75) is 0 Å². The van der Waals surface area contributed by atoms with Gasteiger partial charge in [0, 0.05) is 21.9 Å². The zero-order chi connectivity index (χ0) is 42.5. The average Bonchev–Trinajstić information content (AvgIpc) is 3.80. The van der Waals surface area contributed by atoms with E-state index < -0.39 is 11.8 Å². The smallest absolute Gasteiger partial charge is 0.268 e. The van der Waals surface area contributed by atoms with Crippen LogP contribution in [0.15, 0.2) is 170 Å². The third-order valence-electron chi connectivity index (χ3n) is 11.4. The van der Waals surface area contributed by atoms with Crippen LogP contribution in [0.25, 0.3) is 81.7 Å². The second-order valence-electron chi connectivity index (χ2n) is 14.9. The van der Waals surface area contributed by atoms with Crippen molar-refractivity contribution in [3.63, 3.8) is 0 Å². The van der Waals surface area contributed by atoms with Crippen LogP contribution in [-0.4, -0.2) is 16.4 Å². The van der Waals surface area contributed by atoms with E-state index in [9.17, 15) is 15.3 Å². The molecule has 2 heterocycles. The molecule has 0 aliphatic carbocycles. The van der Waals surface area contributed by atoms with Gasteiger partial charge in [0.25, 0.3) is 11.8 Å². The third kappa shape index (κ3) is 5.97. The van der Waals surface area contributed by atoms with E-state index in [2.05, 4.69) is 27.9 Å². The van der Waals surface area contributed by atoms with Crippen LogP contribution >= 0.6 is 0 Å². The van der Waals surface area contributed by atoms with Crippen molar-refractivity contribution in [2.24, 2.45) is 0 Å². The Bertz CT molecular complexity index is 3370. The summed E-state index contributed by atoms with van der Waals surface area (Å²) in [6.45, 7) is 15.4. The Kier molecular flexibility index (Phi) is 8.82. The van der Waals surface area contributed by atoms with Crippen molar-refractivity contribution in [3.05, 3.63) is 215 Å². The molecule has 1 aromatic heterocycles. The summed E-state index contributed by atoms with van der Waals surface area (Å²) in [5.41, 5.74) is 10.5. The van der Waals surface area contributed by atoms with Gasteiger partial charge in [-0.05, 0) is 105 Å². The minimum atomic E-state index is -0.476. The summed E-state index contributed by atoms with van der Waals surface area (Å²) in [5, 5.41) is 21.4. The molecule has 286 valence electrons. The number of benzene rings is 8. The van der Waals surface area contributed by atoms with Crippen molar-refractivity contribution in [3.8, 4) is 62.3 Å². The molecule has 1 aliphatic rings. The Morgan fingerprint density at radius 1 is 0.484 bits per heavy atom. The molecule has 8 aromatic carbocycles. The highest BCUT2D eigenvalue weighted by Crippen LogP contribution is 2.43. The molecule has 0 saturated carbocycles. The predicted octanol–water partition coefficient (Wildman–Crippen LogP) is 13.1. The van der Waals surface area contributed by atoms with Crippen LogP contribution in [0, 0.1) is 35.8 Å². The number of nitrogens with zero attached hydrogens (tertiary/aromatic N) is 6. The van der Waals surface area contributed by atoms with E-state index in [0.29, 0.717) is 56.0 Å². The fourth-order valence-electron chi connectivity index (χ4n) is 8.52. The van der Waals surface area contributed by atoms with Crippen LogP contribution in [-0.2, 0) is 0 Å². The number of rotatable bonds is 6. The van der Waals surface area contributed by atoms with Gasteiger partial charge in [0.2, 0.25) is 0 Å². The number of anilines is 1. The lowest BCUT2D eigenvalue weighted by atomic mass is 9.97. The molecule has 0 bridgehead atoms. The first kappa shape index (κ1) is 37.0. The highest BCUT2D eigenvalue weighted by Gasteiger charge is 2.40. The molecular formula is C54H28N6O2. The number of amides is 2. The van der Waals surface area contributed by atoms with E-state index in [1.807, 2.05) is 120 Å². The van der Waals surface area contributed by atoms with Gasteiger partial charge in [-0.2, -0.15) is 10.5 Å². The Morgan fingerprint density at radius 3 is 1.71 bits per heavy atom. The minimum absolute atomic E-state index is 0.234. The molecule has 2 amide bonds. The van der Waals surface area contributed by atoms with Gasteiger partial charge in [0.1, 0.15) is 0 Å². The molecule has 0 N–H and O–H groups in total. The second-order valence-corrected chi connectivity index (χ2v) is 14.9. The first-order chi connectivity index (χ1) is 30.4. The van der Waals surface area contributed by atoms with Gasteiger partial charge in [0.05, 0.1) is 58.8 Å². The summed E-state index contributed by atoms with van der Waals surface area (Å²) >= 11 is 0. The Morgan fingerprint density at radius 2 is 1.11 bits per heavy atom. The van der Waals surface area contributed by atoms with Gasteiger partial charge >= 0.3 is 0 Å². The van der Waals surface area contributed by atoms with Crippen molar-refractivity contribution >= 4 is 50.7 Å². The van der Waals surface area contributed by atoms with Crippen molar-refractivity contribution in [1.29, 1.82) is 10.5 Å². The molecule has 8 heteroatoms. The molecule has 0 unspecified atom stereocenters. The summed E-state index contributed by atoms with van der Waals surface area (Å²) in [5.74, 6) is -0.924. The van der Waals surface area contributed by atoms with E-state index in [4.69, 9.17) is 13.1 Å². The monoisotopic (exact) mass is 792 g/mol. The second kappa shape index (κ2) is 14.8. The van der Waals surface area contributed by atoms with E-state index in [1.165, 1.54) is 4.90 Å². The van der Waals surface area contributed by atoms with Crippen LogP contribution in [0.5, 0.6) is 0 Å². The number of nitriles is 2. The van der Waals surface area contributed by atoms with Crippen LogP contribution in [0.3, 0.4) is 0 Å². The lowest BCUT2D eigenvalue weighted by Crippen LogP contribution is -2.29. The summed E-state index contributed by atoms with van der Waals surface area (Å²) in [4.78, 5) is 38.3. The van der Waals surface area contributed by atoms with Crippen LogP contribution in [0.2, 0.25) is 0 Å². The first-order valence-corrected chi connectivity index (χ1v) is 19.6. The van der Waals surface area contributed by atoms with Gasteiger partial charge in [-0.25, -0.2) is 14.6 Å². The van der Waals surface area contributed by atoms with Crippen molar-refractivity contribution in [1.82, 2.24) is 4.57 Å². The van der Waals surface area contributed by atoms with E-state index >= 15 is 4.79 Å². The topological polar surface area (TPSA) is 98.6 Å². The van der Waals surface area contributed by atoms with Gasteiger partial charge in [-0.15, -0.1) is 0 Å². The molecule has 9 aromatic rings. The van der Waals surface area contributed by atoms with Crippen LogP contribution in [0.4, 0.5) is 17.1 Å². The molecule has 0 atom stereocenters. The lowest BCUT2D eigenvalue weighted by Gasteiger charge is -2.18. The van der Waals surface area contributed by atoms with Crippen LogP contribution in [0.1, 0.15) is 31.8 Å². The predicted molar refractivity (Wildman–Crippen MR) is 242 cm³/mol. The number of hydrogen-bond donors (Lipinski definition) is 0. The fraction of sp³-hybridized carbons (Fsp3) is 0. The Balaban J connectivity index is 1.21. The molecule has 0 saturated heterocycles. The molecule has 1 aliphatic heterocycles. The number of carbonyl (C=O) groups is 2. The first-order valence-electron chi connectivity index (χ1n) is 19.6. The van der Waals surface area contributed by atoms with Gasteiger partial charge in [-0.1, -0.05) is 109 Å². The summed E-state index contributed by atoms with van der Waals surface area (Å²) in [6, 6.07) is 56.9. The van der Waals surface area contributed by atoms with Gasteiger partial charge < -0.3 is 4.57 Å². The van der Waals surface area contributed by atoms with Crippen molar-refractivity contribution in [2.75, 3.05) is 4.90 Å². The molecule has 8 nitrogen and oxygen atoms in total. The quantitative estimate of drug-likeness (QED) is 0.124. The minimum Gasteiger partial charge on any atom is -0.308 e. The maximum Gasteiger partial charge on any atom is 0.268 e. The van der Waals surface area contributed by atoms with Gasteiger partial charge in [-0.3, -0.25) is 9.59 Å². The number of carbonyl (C=O) groups excluding carboxylic acids is 2. The largest absolute Gasteiger partial charge is 0.308 e.